The zero-order valence-corrected chi connectivity index (χ0v) is 9.95. The van der Waals surface area contributed by atoms with E-state index < -0.39 is 10.7 Å². The molecule has 1 aromatic rings. The van der Waals surface area contributed by atoms with Crippen molar-refractivity contribution < 1.29 is 9.31 Å². The van der Waals surface area contributed by atoms with Gasteiger partial charge in [-0.15, -0.1) is 12.4 Å². The van der Waals surface area contributed by atoms with Gasteiger partial charge >= 0.3 is 0 Å². The van der Waals surface area contributed by atoms with Gasteiger partial charge in [0.1, 0.15) is 5.82 Å². The molecule has 0 aromatic heterocycles. The van der Waals surface area contributed by atoms with E-state index in [1.165, 1.54) is 12.1 Å². The minimum Gasteiger partial charge on any atom is -0.324 e. The van der Waals surface area contributed by atoms with E-state index >= 15 is 0 Å². The monoisotopic (exact) mass is 260 g/mol. The maximum absolute atomic E-state index is 12.9. The topological polar surface area (TPSA) is 69.2 Å². The maximum Gasteiger partial charge on any atom is 0.277 e. The summed E-state index contributed by atoms with van der Waals surface area (Å²) in [6.07, 6.45) is 3.03. The maximum atomic E-state index is 12.9. The summed E-state index contributed by atoms with van der Waals surface area (Å²) < 4.78 is 12.9. The van der Waals surface area contributed by atoms with Crippen LogP contribution < -0.4 is 5.73 Å². The van der Waals surface area contributed by atoms with Crippen molar-refractivity contribution in [3.05, 3.63) is 39.7 Å². The zero-order chi connectivity index (χ0) is 11.7. The van der Waals surface area contributed by atoms with Crippen LogP contribution in [0.3, 0.4) is 0 Å². The van der Waals surface area contributed by atoms with Gasteiger partial charge in [0.25, 0.3) is 5.69 Å². The van der Waals surface area contributed by atoms with Gasteiger partial charge in [0.15, 0.2) is 0 Å². The van der Waals surface area contributed by atoms with Gasteiger partial charge in [-0.2, -0.15) is 0 Å². The van der Waals surface area contributed by atoms with Crippen LogP contribution in [-0.2, 0) is 0 Å². The molecule has 0 aliphatic heterocycles. The smallest absolute Gasteiger partial charge is 0.277 e. The van der Waals surface area contributed by atoms with Crippen molar-refractivity contribution in [2.75, 3.05) is 0 Å². The molecule has 2 rings (SSSR count). The third kappa shape index (κ3) is 3.38. The van der Waals surface area contributed by atoms with Crippen LogP contribution in [0.4, 0.5) is 10.1 Å². The highest BCUT2D eigenvalue weighted by atomic mass is 35.5. The van der Waals surface area contributed by atoms with Crippen LogP contribution in [0, 0.1) is 21.8 Å². The van der Waals surface area contributed by atoms with Crippen molar-refractivity contribution in [1.29, 1.82) is 0 Å². The summed E-state index contributed by atoms with van der Waals surface area (Å²) in [6.45, 7) is 0. The predicted molar refractivity (Wildman–Crippen MR) is 64.6 cm³/mol. The van der Waals surface area contributed by atoms with Crippen LogP contribution in [0.25, 0.3) is 0 Å². The van der Waals surface area contributed by atoms with Gasteiger partial charge in [-0.05, 0) is 24.5 Å². The molecule has 1 aliphatic carbocycles. The van der Waals surface area contributed by atoms with Gasteiger partial charge in [-0.25, -0.2) is 4.39 Å². The number of halogens is 2. The lowest BCUT2D eigenvalue weighted by atomic mass is 10.0. The molecule has 1 aliphatic rings. The molecule has 17 heavy (non-hydrogen) atoms. The van der Waals surface area contributed by atoms with E-state index in [2.05, 4.69) is 0 Å². The van der Waals surface area contributed by atoms with Crippen molar-refractivity contribution in [2.24, 2.45) is 11.7 Å². The number of hydrogen-bond donors (Lipinski definition) is 1. The Morgan fingerprint density at radius 2 is 2.18 bits per heavy atom. The molecule has 1 fully saturated rings. The molecule has 1 aromatic carbocycles. The van der Waals surface area contributed by atoms with Gasteiger partial charge in [0, 0.05) is 11.6 Å². The normalized spacial score (nSPS) is 16.1. The fourth-order valence-electron chi connectivity index (χ4n) is 1.83. The molecule has 0 radical (unpaired) electrons. The van der Waals surface area contributed by atoms with Crippen LogP contribution >= 0.6 is 12.4 Å². The largest absolute Gasteiger partial charge is 0.324 e. The van der Waals surface area contributed by atoms with E-state index in [1.54, 1.807) is 0 Å². The third-order valence-corrected chi connectivity index (χ3v) is 2.87. The number of rotatable bonds is 4. The lowest BCUT2D eigenvalue weighted by Crippen LogP contribution is -2.13. The first-order valence-electron chi connectivity index (χ1n) is 5.27. The second kappa shape index (κ2) is 5.42. The Kier molecular flexibility index (Phi) is 4.42. The summed E-state index contributed by atoms with van der Waals surface area (Å²) in [7, 11) is 0. The van der Waals surface area contributed by atoms with E-state index in [4.69, 9.17) is 5.73 Å². The van der Waals surface area contributed by atoms with Gasteiger partial charge < -0.3 is 5.73 Å². The minimum absolute atomic E-state index is 0. The molecule has 4 nitrogen and oxygen atoms in total. The van der Waals surface area contributed by atoms with E-state index in [0.29, 0.717) is 11.5 Å². The molecule has 6 heteroatoms. The molecule has 0 bridgehead atoms. The van der Waals surface area contributed by atoms with Crippen molar-refractivity contribution in [3.8, 4) is 0 Å². The van der Waals surface area contributed by atoms with Gasteiger partial charge in [0.2, 0.25) is 0 Å². The Morgan fingerprint density at radius 1 is 1.53 bits per heavy atom. The number of nitrogens with two attached hydrogens (primary N) is 1. The van der Waals surface area contributed by atoms with E-state index in [-0.39, 0.29) is 24.1 Å². The molecule has 1 atom stereocenters. The zero-order valence-electron chi connectivity index (χ0n) is 9.14. The third-order valence-electron chi connectivity index (χ3n) is 2.87. The highest BCUT2D eigenvalue weighted by molar-refractivity contribution is 5.85. The number of benzene rings is 1. The molecule has 2 N–H and O–H groups in total. The first-order chi connectivity index (χ1) is 7.58. The summed E-state index contributed by atoms with van der Waals surface area (Å²) in [4.78, 5) is 10.2. The van der Waals surface area contributed by atoms with Crippen LogP contribution in [0.15, 0.2) is 18.2 Å². The SMILES string of the molecule is Cl.N[C@@H](CC1CC1)c1ccc(F)cc1[N+](=O)[O-]. The van der Waals surface area contributed by atoms with Crippen molar-refractivity contribution in [1.82, 2.24) is 0 Å². The molecule has 1 saturated carbocycles. The van der Waals surface area contributed by atoms with Gasteiger partial charge in [0.05, 0.1) is 11.0 Å². The number of nitrogens with zero attached hydrogens (tertiary/aromatic N) is 1. The van der Waals surface area contributed by atoms with Crippen LogP contribution in [-0.4, -0.2) is 4.92 Å². The Hall–Kier alpha value is -1.20. The molecule has 0 amide bonds. The predicted octanol–water partition coefficient (Wildman–Crippen LogP) is 2.96. The lowest BCUT2D eigenvalue weighted by Gasteiger charge is -2.11. The highest BCUT2D eigenvalue weighted by Crippen LogP contribution is 2.38. The Morgan fingerprint density at radius 3 is 2.71 bits per heavy atom. The van der Waals surface area contributed by atoms with Crippen LogP contribution in [0.1, 0.15) is 30.9 Å². The average Bonchev–Trinajstić information content (AvgIpc) is 3.01. The summed E-state index contributed by atoms with van der Waals surface area (Å²) in [5.41, 5.74) is 6.11. The van der Waals surface area contributed by atoms with E-state index in [0.717, 1.165) is 25.3 Å². The average molecular weight is 261 g/mol. The molecular formula is C11H14ClFN2O2. The second-order valence-corrected chi connectivity index (χ2v) is 4.25. The van der Waals surface area contributed by atoms with Crippen molar-refractivity contribution in [3.63, 3.8) is 0 Å². The fourth-order valence-corrected chi connectivity index (χ4v) is 1.83. The van der Waals surface area contributed by atoms with Crippen molar-refractivity contribution >= 4 is 18.1 Å². The summed E-state index contributed by atoms with van der Waals surface area (Å²) in [5, 5.41) is 10.8. The number of hydrogen-bond acceptors (Lipinski definition) is 3. The fraction of sp³-hybridized carbons (Fsp3) is 0.455. The lowest BCUT2D eigenvalue weighted by molar-refractivity contribution is -0.385. The second-order valence-electron chi connectivity index (χ2n) is 4.25. The summed E-state index contributed by atoms with van der Waals surface area (Å²) in [5.74, 6) is -0.0197. The van der Waals surface area contributed by atoms with Gasteiger partial charge in [-0.3, -0.25) is 10.1 Å². The molecule has 94 valence electrons. The van der Waals surface area contributed by atoms with E-state index in [1.807, 2.05) is 0 Å². The molecular weight excluding hydrogens is 247 g/mol. The number of nitro groups is 1. The van der Waals surface area contributed by atoms with E-state index in [9.17, 15) is 14.5 Å². The molecule has 0 heterocycles. The molecule has 0 spiro atoms. The van der Waals surface area contributed by atoms with Gasteiger partial charge in [-0.1, -0.05) is 12.8 Å². The Bertz CT molecular complexity index is 424. The number of nitro benzene ring substituents is 1. The Labute approximate surface area is 105 Å². The van der Waals surface area contributed by atoms with Crippen molar-refractivity contribution in [2.45, 2.75) is 25.3 Å². The highest BCUT2D eigenvalue weighted by Gasteiger charge is 2.28. The molecule has 0 saturated heterocycles. The van der Waals surface area contributed by atoms with Crippen LogP contribution in [0.5, 0.6) is 0 Å². The minimum atomic E-state index is -0.603. The summed E-state index contributed by atoms with van der Waals surface area (Å²) >= 11 is 0. The quantitative estimate of drug-likeness (QED) is 0.668. The Balaban J connectivity index is 0.00000144. The first-order valence-corrected chi connectivity index (χ1v) is 5.27. The van der Waals surface area contributed by atoms with Crippen LogP contribution in [0.2, 0.25) is 0 Å². The first kappa shape index (κ1) is 13.9. The standard InChI is InChI=1S/C11H13FN2O2.ClH/c12-8-3-4-9(11(6-8)14(15)16)10(13)5-7-1-2-7;/h3-4,6-7,10H,1-2,5,13H2;1H/t10-;/m0./s1. The molecule has 0 unspecified atom stereocenters. The summed E-state index contributed by atoms with van der Waals surface area (Å²) in [6, 6.07) is 3.20.